The van der Waals surface area contributed by atoms with Crippen LogP contribution in [-0.2, 0) is 0 Å². The van der Waals surface area contributed by atoms with Crippen LogP contribution in [0, 0.1) is 6.92 Å². The van der Waals surface area contributed by atoms with Crippen molar-refractivity contribution >= 4 is 23.4 Å². The molecule has 0 aliphatic heterocycles. The van der Waals surface area contributed by atoms with Gasteiger partial charge < -0.3 is 5.73 Å². The van der Waals surface area contributed by atoms with Gasteiger partial charge >= 0.3 is 0 Å². The maximum absolute atomic E-state index is 5.88. The van der Waals surface area contributed by atoms with Crippen molar-refractivity contribution in [3.63, 3.8) is 0 Å². The van der Waals surface area contributed by atoms with Gasteiger partial charge in [-0.15, -0.1) is 11.6 Å². The number of nitrogens with two attached hydrogens (primary N) is 1. The third kappa shape index (κ3) is 2.78. The topological polar surface area (TPSA) is 26.0 Å². The Morgan fingerprint density at radius 3 is 2.92 bits per heavy atom. The third-order valence-electron chi connectivity index (χ3n) is 1.93. The minimum absolute atomic E-state index is 0.655. The van der Waals surface area contributed by atoms with Gasteiger partial charge in [0, 0.05) is 11.6 Å². The lowest BCUT2D eigenvalue weighted by Gasteiger charge is -2.02. The first-order valence-corrected chi connectivity index (χ1v) is 4.86. The van der Waals surface area contributed by atoms with Gasteiger partial charge in [0.25, 0.3) is 0 Å². The van der Waals surface area contributed by atoms with Crippen LogP contribution in [0.3, 0.4) is 0 Å². The molecule has 0 aliphatic carbocycles. The summed E-state index contributed by atoms with van der Waals surface area (Å²) in [5.41, 5.74) is 8.93. The fourth-order valence-electron chi connectivity index (χ4n) is 1.12. The second-order valence-electron chi connectivity index (χ2n) is 2.96. The van der Waals surface area contributed by atoms with Gasteiger partial charge in [-0.3, -0.25) is 0 Å². The maximum atomic E-state index is 5.88. The van der Waals surface area contributed by atoms with Gasteiger partial charge in [-0.1, -0.05) is 30.4 Å². The summed E-state index contributed by atoms with van der Waals surface area (Å²) in [5, 5.41) is 0. The van der Waals surface area contributed by atoms with Gasteiger partial charge in [-0.25, -0.2) is 0 Å². The number of benzene rings is 1. The SMILES string of the molecule is Cc1cccc(C=CCCCl)c1N. The summed E-state index contributed by atoms with van der Waals surface area (Å²) >= 11 is 5.56. The van der Waals surface area contributed by atoms with E-state index in [4.69, 9.17) is 17.3 Å². The molecule has 2 N–H and O–H groups in total. The van der Waals surface area contributed by atoms with E-state index in [9.17, 15) is 0 Å². The number of para-hydroxylation sites is 1. The highest BCUT2D eigenvalue weighted by molar-refractivity contribution is 6.17. The van der Waals surface area contributed by atoms with E-state index in [-0.39, 0.29) is 0 Å². The standard InChI is InChI=1S/C11H14ClN/c1-9-5-4-7-10(11(9)13)6-2-3-8-12/h2,4-7H,3,8,13H2,1H3. The average Bonchev–Trinajstić information content (AvgIpc) is 2.13. The zero-order chi connectivity index (χ0) is 9.68. The zero-order valence-electron chi connectivity index (χ0n) is 7.76. The highest BCUT2D eigenvalue weighted by Gasteiger charge is 1.96. The lowest BCUT2D eigenvalue weighted by atomic mass is 10.1. The van der Waals surface area contributed by atoms with Crippen molar-refractivity contribution in [2.45, 2.75) is 13.3 Å². The number of nitrogen functional groups attached to an aromatic ring is 1. The first-order valence-electron chi connectivity index (χ1n) is 4.33. The molecule has 0 spiro atoms. The minimum atomic E-state index is 0.655. The molecule has 2 heteroatoms. The van der Waals surface area contributed by atoms with Crippen molar-refractivity contribution in [1.29, 1.82) is 0 Å². The fourth-order valence-corrected chi connectivity index (χ4v) is 1.25. The van der Waals surface area contributed by atoms with Crippen LogP contribution < -0.4 is 5.73 Å². The number of halogens is 1. The van der Waals surface area contributed by atoms with E-state index in [1.807, 2.05) is 37.3 Å². The number of allylic oxidation sites excluding steroid dienone is 1. The predicted molar refractivity (Wildman–Crippen MR) is 60.0 cm³/mol. The van der Waals surface area contributed by atoms with Crippen molar-refractivity contribution in [3.05, 3.63) is 35.4 Å². The molecular weight excluding hydrogens is 182 g/mol. The molecule has 0 heterocycles. The number of hydrogen-bond acceptors (Lipinski definition) is 1. The zero-order valence-corrected chi connectivity index (χ0v) is 8.51. The van der Waals surface area contributed by atoms with Crippen LogP contribution in [0.4, 0.5) is 5.69 Å². The molecule has 0 aromatic heterocycles. The molecule has 0 amide bonds. The number of hydrogen-bond donors (Lipinski definition) is 1. The summed E-state index contributed by atoms with van der Waals surface area (Å²) in [6, 6.07) is 6.02. The molecule has 70 valence electrons. The van der Waals surface area contributed by atoms with Crippen molar-refractivity contribution in [2.75, 3.05) is 11.6 Å². The van der Waals surface area contributed by atoms with E-state index in [1.165, 1.54) is 0 Å². The molecule has 0 radical (unpaired) electrons. The number of anilines is 1. The number of aryl methyl sites for hydroxylation is 1. The molecule has 0 aliphatic rings. The fraction of sp³-hybridized carbons (Fsp3) is 0.273. The number of rotatable bonds is 3. The van der Waals surface area contributed by atoms with Crippen LogP contribution in [0.2, 0.25) is 0 Å². The Bertz CT molecular complexity index is 305. The quantitative estimate of drug-likeness (QED) is 0.582. The van der Waals surface area contributed by atoms with Crippen LogP contribution in [0.25, 0.3) is 6.08 Å². The second-order valence-corrected chi connectivity index (χ2v) is 3.34. The smallest absolute Gasteiger partial charge is 0.0417 e. The van der Waals surface area contributed by atoms with Crippen molar-refractivity contribution in [3.8, 4) is 0 Å². The molecule has 0 saturated heterocycles. The average molecular weight is 196 g/mol. The summed E-state index contributed by atoms with van der Waals surface area (Å²) in [6.07, 6.45) is 4.94. The third-order valence-corrected chi connectivity index (χ3v) is 2.15. The minimum Gasteiger partial charge on any atom is -0.398 e. The van der Waals surface area contributed by atoms with Gasteiger partial charge in [0.1, 0.15) is 0 Å². The predicted octanol–water partition coefficient (Wildman–Crippen LogP) is 3.22. The largest absolute Gasteiger partial charge is 0.398 e. The Hall–Kier alpha value is -0.950. The monoisotopic (exact) mass is 195 g/mol. The number of alkyl halides is 1. The normalized spacial score (nSPS) is 10.9. The molecule has 13 heavy (non-hydrogen) atoms. The summed E-state index contributed by atoms with van der Waals surface area (Å²) < 4.78 is 0. The Labute approximate surface area is 84.2 Å². The molecule has 0 unspecified atom stereocenters. The highest BCUT2D eigenvalue weighted by atomic mass is 35.5. The Balaban J connectivity index is 2.83. The van der Waals surface area contributed by atoms with Crippen LogP contribution >= 0.6 is 11.6 Å². The first-order chi connectivity index (χ1) is 6.25. The van der Waals surface area contributed by atoms with Gasteiger partial charge in [0.2, 0.25) is 0 Å². The Kier molecular flexibility index (Phi) is 3.84. The van der Waals surface area contributed by atoms with Gasteiger partial charge in [-0.05, 0) is 24.5 Å². The summed E-state index contributed by atoms with van der Waals surface area (Å²) in [6.45, 7) is 2.01. The lowest BCUT2D eigenvalue weighted by Crippen LogP contribution is -1.92. The molecule has 0 atom stereocenters. The van der Waals surface area contributed by atoms with Gasteiger partial charge in [-0.2, -0.15) is 0 Å². The lowest BCUT2D eigenvalue weighted by molar-refractivity contribution is 1.24. The van der Waals surface area contributed by atoms with Crippen molar-refractivity contribution < 1.29 is 0 Å². The summed E-state index contributed by atoms with van der Waals surface area (Å²) in [4.78, 5) is 0. The molecular formula is C11H14ClN. The molecule has 0 saturated carbocycles. The van der Waals surface area contributed by atoms with E-state index in [0.29, 0.717) is 5.88 Å². The Morgan fingerprint density at radius 2 is 2.23 bits per heavy atom. The highest BCUT2D eigenvalue weighted by Crippen LogP contribution is 2.17. The van der Waals surface area contributed by atoms with Gasteiger partial charge in [0.15, 0.2) is 0 Å². The van der Waals surface area contributed by atoms with E-state index in [0.717, 1.165) is 23.2 Å². The molecule has 1 rings (SSSR count). The molecule has 0 bridgehead atoms. The van der Waals surface area contributed by atoms with Crippen LogP contribution in [-0.4, -0.2) is 5.88 Å². The molecule has 1 aromatic rings. The van der Waals surface area contributed by atoms with E-state index < -0.39 is 0 Å². The molecule has 1 nitrogen and oxygen atoms in total. The summed E-state index contributed by atoms with van der Waals surface area (Å²) in [5.74, 6) is 0.655. The second kappa shape index (κ2) is 4.93. The molecule has 1 aromatic carbocycles. The van der Waals surface area contributed by atoms with Crippen LogP contribution in [0.5, 0.6) is 0 Å². The molecule has 0 fully saturated rings. The van der Waals surface area contributed by atoms with E-state index in [1.54, 1.807) is 0 Å². The maximum Gasteiger partial charge on any atom is 0.0417 e. The van der Waals surface area contributed by atoms with Crippen LogP contribution in [0.1, 0.15) is 17.5 Å². The van der Waals surface area contributed by atoms with Crippen LogP contribution in [0.15, 0.2) is 24.3 Å². The Morgan fingerprint density at radius 1 is 1.46 bits per heavy atom. The summed E-state index contributed by atoms with van der Waals surface area (Å²) in [7, 11) is 0. The first kappa shape index (κ1) is 10.1. The van der Waals surface area contributed by atoms with Crippen molar-refractivity contribution in [1.82, 2.24) is 0 Å². The van der Waals surface area contributed by atoms with E-state index in [2.05, 4.69) is 0 Å². The van der Waals surface area contributed by atoms with Crippen molar-refractivity contribution in [2.24, 2.45) is 0 Å². The van der Waals surface area contributed by atoms with Gasteiger partial charge in [0.05, 0.1) is 0 Å². The van der Waals surface area contributed by atoms with E-state index >= 15 is 0 Å².